The van der Waals surface area contributed by atoms with E-state index in [0.717, 1.165) is 12.8 Å². The molecule has 1 saturated heterocycles. The highest BCUT2D eigenvalue weighted by molar-refractivity contribution is 6.48. The molecule has 0 amide bonds. The zero-order valence-electron chi connectivity index (χ0n) is 27.4. The van der Waals surface area contributed by atoms with Crippen LogP contribution in [0.25, 0.3) is 0 Å². The predicted octanol–water partition coefficient (Wildman–Crippen LogP) is 7.60. The van der Waals surface area contributed by atoms with Gasteiger partial charge in [0.05, 0.1) is 19.3 Å². The molecule has 0 bridgehead atoms. The van der Waals surface area contributed by atoms with Gasteiger partial charge in [0.15, 0.2) is 14.6 Å². The van der Waals surface area contributed by atoms with Crippen LogP contribution in [-0.4, -0.2) is 52.0 Å². The molecule has 2 fully saturated rings. The smallest absolute Gasteiger partial charge is 0.438 e. The van der Waals surface area contributed by atoms with Gasteiger partial charge in [-0.25, -0.2) is 4.79 Å². The molecule has 3 rings (SSSR count). The summed E-state index contributed by atoms with van der Waals surface area (Å²) in [6.45, 7) is 28.4. The first kappa shape index (κ1) is 34.0. The normalized spacial score (nSPS) is 38.0. The number of fused-ring (bicyclic) bond motifs is 1. The summed E-state index contributed by atoms with van der Waals surface area (Å²) < 4.78 is 24.2. The minimum Gasteiger partial charge on any atom is -0.438 e. The van der Waals surface area contributed by atoms with E-state index in [9.17, 15) is 9.59 Å². The van der Waals surface area contributed by atoms with E-state index < -0.39 is 26.2 Å². The summed E-state index contributed by atoms with van der Waals surface area (Å²) >= 11 is 0. The van der Waals surface area contributed by atoms with Gasteiger partial charge in [0.2, 0.25) is 0 Å². The maximum atomic E-state index is 14.0. The predicted molar refractivity (Wildman–Crippen MR) is 160 cm³/mol. The molecule has 1 saturated carbocycles. The fourth-order valence-corrected chi connectivity index (χ4v) is 9.59. The summed E-state index contributed by atoms with van der Waals surface area (Å²) in [6, 6.07) is 0. The summed E-state index contributed by atoms with van der Waals surface area (Å²) in [6.07, 6.45) is 3.88. The van der Waals surface area contributed by atoms with E-state index in [0.29, 0.717) is 18.9 Å². The van der Waals surface area contributed by atoms with Crippen LogP contribution in [0.3, 0.4) is 0 Å². The van der Waals surface area contributed by atoms with Crippen LogP contribution in [0.5, 0.6) is 0 Å². The highest BCUT2D eigenvalue weighted by Crippen LogP contribution is 2.62. The van der Waals surface area contributed by atoms with Crippen molar-refractivity contribution in [3.8, 4) is 0 Å². The van der Waals surface area contributed by atoms with E-state index in [1.165, 1.54) is 12.7 Å². The number of ketones is 1. The second kappa shape index (κ2) is 12.4. The maximum absolute atomic E-state index is 14.0. The lowest BCUT2D eigenvalue weighted by Crippen LogP contribution is -2.75. The Balaban J connectivity index is 0.00000260. The van der Waals surface area contributed by atoms with Crippen LogP contribution in [0.15, 0.2) is 11.6 Å². The van der Waals surface area contributed by atoms with Crippen LogP contribution >= 0.6 is 0 Å². The number of methoxy groups -OCH3 is 1. The fraction of sp³-hybridized carbons (Fsp3) is 0.875. The SMILES string of the molecule is CC.COC(=O)OC12COC1CC(C)C(C)(C(=O)C(C)C)C2C(C)CC1(O[SiH](C)C)CC(C)C(C)=CC1(C)C. The molecular weight excluding hydrogens is 508 g/mol. The maximum Gasteiger partial charge on any atom is 0.508 e. The van der Waals surface area contributed by atoms with Crippen molar-refractivity contribution in [2.24, 2.45) is 40.4 Å². The highest BCUT2D eigenvalue weighted by atomic mass is 28.3. The lowest BCUT2D eigenvalue weighted by atomic mass is 9.47. The topological polar surface area (TPSA) is 71.1 Å². The van der Waals surface area contributed by atoms with E-state index in [1.807, 2.05) is 27.7 Å². The number of rotatable bonds is 8. The number of ether oxygens (including phenoxy) is 3. The Kier molecular flexibility index (Phi) is 10.8. The third kappa shape index (κ3) is 5.92. The number of allylic oxidation sites excluding steroid dienone is 1. The molecule has 3 aliphatic rings. The van der Waals surface area contributed by atoms with Gasteiger partial charge >= 0.3 is 6.16 Å². The molecule has 8 unspecified atom stereocenters. The Morgan fingerprint density at radius 2 is 1.72 bits per heavy atom. The third-order valence-corrected chi connectivity index (χ3v) is 11.1. The van der Waals surface area contributed by atoms with Gasteiger partial charge in [-0.2, -0.15) is 0 Å². The summed E-state index contributed by atoms with van der Waals surface area (Å²) in [7, 11) is -0.0701. The Morgan fingerprint density at radius 1 is 1.13 bits per heavy atom. The van der Waals surface area contributed by atoms with Crippen LogP contribution in [0, 0.1) is 40.4 Å². The monoisotopic (exact) mass is 566 g/mol. The lowest BCUT2D eigenvalue weighted by Gasteiger charge is -2.65. The number of carbonyl (C=O) groups excluding carboxylic acids is 2. The molecular formula is C32H58O6Si. The zero-order valence-corrected chi connectivity index (χ0v) is 28.6. The molecule has 0 N–H and O–H groups in total. The summed E-state index contributed by atoms with van der Waals surface area (Å²) in [5, 5.41) is 0. The molecule has 1 aliphatic heterocycles. The van der Waals surface area contributed by atoms with E-state index in [2.05, 4.69) is 67.6 Å². The summed E-state index contributed by atoms with van der Waals surface area (Å²) in [5.74, 6) is 0.435. The van der Waals surface area contributed by atoms with Gasteiger partial charge in [-0.3, -0.25) is 4.79 Å². The Bertz CT molecular complexity index is 912. The van der Waals surface area contributed by atoms with Gasteiger partial charge in [0.25, 0.3) is 0 Å². The molecule has 0 aromatic carbocycles. The molecule has 1 heterocycles. The first-order valence-corrected chi connectivity index (χ1v) is 18.1. The van der Waals surface area contributed by atoms with Crippen LogP contribution in [0.2, 0.25) is 13.1 Å². The number of hydrogen-bond acceptors (Lipinski definition) is 6. The van der Waals surface area contributed by atoms with E-state index >= 15 is 0 Å². The van der Waals surface area contributed by atoms with Crippen molar-refractivity contribution in [3.63, 3.8) is 0 Å². The van der Waals surface area contributed by atoms with Crippen LogP contribution in [0.4, 0.5) is 4.79 Å². The molecule has 7 heteroatoms. The van der Waals surface area contributed by atoms with E-state index in [4.69, 9.17) is 18.6 Å². The average molecular weight is 567 g/mol. The minimum atomic E-state index is -1.41. The standard InChI is InChI=1S/C30H52O6Si.C2H6/c1-18(2)25(31)28(9)22(6)13-23-30(17-34-23,35-26(32)33-10)24(28)21(5)16-29(36-37(11)12)15-20(4)19(3)14-27(29,7)8;1-2/h14,18,20-24,37H,13,15-17H2,1-12H3;1-2H3. The van der Waals surface area contributed by atoms with Gasteiger partial charge in [-0.1, -0.05) is 80.9 Å². The lowest BCUT2D eigenvalue weighted by molar-refractivity contribution is -0.317. The van der Waals surface area contributed by atoms with Gasteiger partial charge in [-0.15, -0.1) is 0 Å². The molecule has 8 atom stereocenters. The average Bonchev–Trinajstić information content (AvgIpc) is 2.83. The first-order chi connectivity index (χ1) is 18.0. The van der Waals surface area contributed by atoms with Crippen molar-refractivity contribution in [3.05, 3.63) is 11.6 Å². The third-order valence-electron chi connectivity index (χ3n) is 10.2. The van der Waals surface area contributed by atoms with Gasteiger partial charge in [0.1, 0.15) is 11.9 Å². The van der Waals surface area contributed by atoms with Crippen LogP contribution in [0.1, 0.15) is 95.4 Å². The van der Waals surface area contributed by atoms with E-state index in [-0.39, 0.29) is 46.6 Å². The largest absolute Gasteiger partial charge is 0.508 e. The molecule has 39 heavy (non-hydrogen) atoms. The Morgan fingerprint density at radius 3 is 2.18 bits per heavy atom. The Hall–Kier alpha value is -1.18. The van der Waals surface area contributed by atoms with Crippen molar-refractivity contribution >= 4 is 21.0 Å². The van der Waals surface area contributed by atoms with Crippen LogP contribution < -0.4 is 0 Å². The second-order valence-electron chi connectivity index (χ2n) is 13.8. The summed E-state index contributed by atoms with van der Waals surface area (Å²) in [5.41, 5.74) is -0.675. The quantitative estimate of drug-likeness (QED) is 0.171. The van der Waals surface area contributed by atoms with E-state index in [1.54, 1.807) is 0 Å². The number of carbonyl (C=O) groups is 2. The van der Waals surface area contributed by atoms with Crippen molar-refractivity contribution in [2.45, 2.75) is 126 Å². The van der Waals surface area contributed by atoms with Gasteiger partial charge in [-0.05, 0) is 57.0 Å². The zero-order chi connectivity index (χ0) is 30.1. The van der Waals surface area contributed by atoms with Crippen molar-refractivity contribution in [1.29, 1.82) is 0 Å². The Labute approximate surface area is 240 Å². The number of hydrogen-bond donors (Lipinski definition) is 0. The van der Waals surface area contributed by atoms with Crippen LogP contribution in [-0.2, 0) is 23.4 Å². The van der Waals surface area contributed by atoms with Crippen molar-refractivity contribution < 1.29 is 28.2 Å². The van der Waals surface area contributed by atoms with Gasteiger partial charge in [0, 0.05) is 22.7 Å². The molecule has 0 aromatic rings. The molecule has 0 radical (unpaired) electrons. The number of Topliss-reactive ketones (excluding diaryl/α,β-unsaturated/α-hetero) is 1. The molecule has 6 nitrogen and oxygen atoms in total. The highest BCUT2D eigenvalue weighted by Gasteiger charge is 2.70. The molecule has 226 valence electrons. The molecule has 0 aromatic heterocycles. The molecule has 2 aliphatic carbocycles. The fourth-order valence-electron chi connectivity index (χ4n) is 8.19. The molecule has 0 spiro atoms. The van der Waals surface area contributed by atoms with Gasteiger partial charge < -0.3 is 18.6 Å². The summed E-state index contributed by atoms with van der Waals surface area (Å²) in [4.78, 5) is 26.6. The van der Waals surface area contributed by atoms with Crippen molar-refractivity contribution in [2.75, 3.05) is 13.7 Å². The second-order valence-corrected chi connectivity index (χ2v) is 16.1. The first-order valence-electron chi connectivity index (χ1n) is 15.3. The minimum absolute atomic E-state index is 0.0394. The van der Waals surface area contributed by atoms with Crippen molar-refractivity contribution in [1.82, 2.24) is 0 Å².